The molecular formula is C20H19BrClN3. The van der Waals surface area contributed by atoms with Gasteiger partial charge in [0.25, 0.3) is 0 Å². The Kier molecular flexibility index (Phi) is 4.34. The molecule has 2 aliphatic rings. The van der Waals surface area contributed by atoms with E-state index in [0.717, 1.165) is 15.9 Å². The van der Waals surface area contributed by atoms with E-state index in [1.807, 2.05) is 31.8 Å². The lowest BCUT2D eigenvalue weighted by atomic mass is 9.88. The molecule has 0 saturated heterocycles. The Morgan fingerprint density at radius 3 is 2.96 bits per heavy atom. The highest BCUT2D eigenvalue weighted by atomic mass is 79.9. The molecule has 3 nitrogen and oxygen atoms in total. The van der Waals surface area contributed by atoms with Gasteiger partial charge in [0.1, 0.15) is 0 Å². The number of aromatic nitrogens is 2. The first kappa shape index (κ1) is 16.7. The van der Waals surface area contributed by atoms with E-state index in [2.05, 4.69) is 62.0 Å². The van der Waals surface area contributed by atoms with E-state index in [-0.39, 0.29) is 12.0 Å². The Morgan fingerprint density at radius 2 is 2.20 bits per heavy atom. The van der Waals surface area contributed by atoms with E-state index < -0.39 is 0 Å². The predicted octanol–water partition coefficient (Wildman–Crippen LogP) is 4.95. The van der Waals surface area contributed by atoms with E-state index in [0.29, 0.717) is 0 Å². The van der Waals surface area contributed by atoms with Crippen LogP contribution in [0.5, 0.6) is 0 Å². The molecular weight excluding hydrogens is 398 g/mol. The molecule has 0 amide bonds. The number of halogens is 2. The smallest absolute Gasteiger partial charge is 0.0945 e. The zero-order chi connectivity index (χ0) is 17.6. The number of hydrogen-bond donors (Lipinski definition) is 1. The fourth-order valence-corrected chi connectivity index (χ4v) is 4.24. The van der Waals surface area contributed by atoms with Crippen molar-refractivity contribution in [2.75, 3.05) is 0 Å². The van der Waals surface area contributed by atoms with Gasteiger partial charge in [0.15, 0.2) is 0 Å². The highest BCUT2D eigenvalue weighted by molar-refractivity contribution is 9.11. The zero-order valence-corrected chi connectivity index (χ0v) is 16.5. The quantitative estimate of drug-likeness (QED) is 0.750. The van der Waals surface area contributed by atoms with Gasteiger partial charge in [-0.05, 0) is 62.8 Å². The van der Waals surface area contributed by atoms with Crippen LogP contribution in [0.15, 0.2) is 59.1 Å². The first-order chi connectivity index (χ1) is 12.0. The van der Waals surface area contributed by atoms with Gasteiger partial charge >= 0.3 is 0 Å². The molecule has 0 fully saturated rings. The standard InChI is InChI=1S/C20H19BrClN3/c1-12(20-10-23-11-25(20)2)17-6-14-5-15(21)9-24-19(14)7-13-3-4-16(22)8-18(13)17/h3-6,8-12,19,24H,7H2,1-2H3. The Morgan fingerprint density at radius 1 is 1.36 bits per heavy atom. The maximum Gasteiger partial charge on any atom is 0.0945 e. The van der Waals surface area contributed by atoms with Crippen LogP contribution in [0, 0.1) is 0 Å². The average Bonchev–Trinajstić information content (AvgIpc) is 2.94. The average molecular weight is 417 g/mol. The molecule has 2 unspecified atom stereocenters. The first-order valence-corrected chi connectivity index (χ1v) is 9.50. The number of nitrogens with zero attached hydrogens (tertiary/aromatic N) is 2. The second-order valence-electron chi connectivity index (χ2n) is 6.65. The largest absolute Gasteiger partial charge is 0.383 e. The van der Waals surface area contributed by atoms with Crippen molar-refractivity contribution in [3.8, 4) is 0 Å². The zero-order valence-electron chi connectivity index (χ0n) is 14.1. The Balaban J connectivity index is 1.90. The Labute approximate surface area is 161 Å². The van der Waals surface area contributed by atoms with Gasteiger partial charge in [-0.25, -0.2) is 4.98 Å². The van der Waals surface area contributed by atoms with Gasteiger partial charge < -0.3 is 9.88 Å². The number of imidazole rings is 1. The van der Waals surface area contributed by atoms with Crippen molar-refractivity contribution in [2.45, 2.75) is 25.3 Å². The van der Waals surface area contributed by atoms with Gasteiger partial charge in [0, 0.05) is 40.6 Å². The molecule has 128 valence electrons. The van der Waals surface area contributed by atoms with Crippen molar-refractivity contribution in [3.63, 3.8) is 0 Å². The minimum atomic E-state index is 0.217. The molecule has 2 aromatic rings. The SMILES string of the molecule is CC(C1=CC2=CC(Br)=CNC2Cc2ccc(Cl)cc21)c1cncn1C. The van der Waals surface area contributed by atoms with E-state index in [4.69, 9.17) is 11.6 Å². The molecule has 2 atom stereocenters. The minimum Gasteiger partial charge on any atom is -0.383 e. The summed E-state index contributed by atoms with van der Waals surface area (Å²) < 4.78 is 3.15. The third-order valence-corrected chi connectivity index (χ3v) is 5.72. The number of fused-ring (bicyclic) bond motifs is 2. The predicted molar refractivity (Wildman–Crippen MR) is 107 cm³/mol. The first-order valence-electron chi connectivity index (χ1n) is 8.33. The highest BCUT2D eigenvalue weighted by Crippen LogP contribution is 2.39. The van der Waals surface area contributed by atoms with E-state index in [1.54, 1.807) is 0 Å². The summed E-state index contributed by atoms with van der Waals surface area (Å²) in [6.07, 6.45) is 11.3. The summed E-state index contributed by atoms with van der Waals surface area (Å²) in [5.74, 6) is 0.217. The fraction of sp³-hybridized carbons (Fsp3) is 0.250. The third kappa shape index (κ3) is 3.09. The Bertz CT molecular complexity index is 923. The maximum atomic E-state index is 6.34. The van der Waals surface area contributed by atoms with Crippen LogP contribution in [-0.4, -0.2) is 15.6 Å². The van der Waals surface area contributed by atoms with Crippen LogP contribution in [0.4, 0.5) is 0 Å². The summed E-state index contributed by atoms with van der Waals surface area (Å²) in [7, 11) is 2.04. The third-order valence-electron chi connectivity index (χ3n) is 5.02. The van der Waals surface area contributed by atoms with Crippen molar-refractivity contribution < 1.29 is 0 Å². The van der Waals surface area contributed by atoms with Crippen LogP contribution >= 0.6 is 27.5 Å². The summed E-state index contributed by atoms with van der Waals surface area (Å²) >= 11 is 9.93. The molecule has 1 aliphatic carbocycles. The lowest BCUT2D eigenvalue weighted by Crippen LogP contribution is -2.30. The van der Waals surface area contributed by atoms with Crippen molar-refractivity contribution in [1.29, 1.82) is 0 Å². The number of aryl methyl sites for hydroxylation is 1. The maximum absolute atomic E-state index is 6.34. The molecule has 0 bridgehead atoms. The molecule has 1 aromatic carbocycles. The number of allylic oxidation sites excluding steroid dienone is 3. The molecule has 1 N–H and O–H groups in total. The van der Waals surface area contributed by atoms with Crippen LogP contribution < -0.4 is 5.32 Å². The van der Waals surface area contributed by atoms with Crippen molar-refractivity contribution in [1.82, 2.24) is 14.9 Å². The molecule has 4 rings (SSSR count). The number of nitrogens with one attached hydrogen (secondary N) is 1. The molecule has 1 aromatic heterocycles. The van der Waals surface area contributed by atoms with Crippen LogP contribution in [0.2, 0.25) is 5.02 Å². The summed E-state index contributed by atoms with van der Waals surface area (Å²) in [6, 6.07) is 6.50. The van der Waals surface area contributed by atoms with Gasteiger partial charge in [-0.3, -0.25) is 0 Å². The molecule has 1 aliphatic heterocycles. The van der Waals surface area contributed by atoms with E-state index in [9.17, 15) is 0 Å². The molecule has 2 heterocycles. The second kappa shape index (κ2) is 6.50. The number of hydrogen-bond acceptors (Lipinski definition) is 2. The normalized spacial score (nSPS) is 20.3. The van der Waals surface area contributed by atoms with E-state index in [1.165, 1.54) is 28.0 Å². The van der Waals surface area contributed by atoms with Crippen LogP contribution in [-0.2, 0) is 13.5 Å². The molecule has 0 saturated carbocycles. The van der Waals surface area contributed by atoms with Gasteiger partial charge in [-0.15, -0.1) is 0 Å². The molecule has 0 spiro atoms. The van der Waals surface area contributed by atoms with Crippen LogP contribution in [0.25, 0.3) is 5.57 Å². The van der Waals surface area contributed by atoms with Crippen molar-refractivity contribution in [3.05, 3.63) is 81.0 Å². The van der Waals surface area contributed by atoms with Crippen molar-refractivity contribution >= 4 is 33.1 Å². The lowest BCUT2D eigenvalue weighted by molar-refractivity contribution is 0.667. The van der Waals surface area contributed by atoms with E-state index >= 15 is 0 Å². The summed E-state index contributed by atoms with van der Waals surface area (Å²) in [4.78, 5) is 4.29. The molecule has 5 heteroatoms. The van der Waals surface area contributed by atoms with Gasteiger partial charge in [0.2, 0.25) is 0 Å². The van der Waals surface area contributed by atoms with Gasteiger partial charge in [-0.1, -0.05) is 30.7 Å². The van der Waals surface area contributed by atoms with Crippen molar-refractivity contribution in [2.24, 2.45) is 7.05 Å². The molecule has 25 heavy (non-hydrogen) atoms. The minimum absolute atomic E-state index is 0.217. The topological polar surface area (TPSA) is 29.9 Å². The summed E-state index contributed by atoms with van der Waals surface area (Å²) in [5, 5.41) is 4.27. The second-order valence-corrected chi connectivity index (χ2v) is 8.00. The van der Waals surface area contributed by atoms with Gasteiger partial charge in [-0.2, -0.15) is 0 Å². The molecule has 0 radical (unpaired) electrons. The fourth-order valence-electron chi connectivity index (χ4n) is 3.67. The van der Waals surface area contributed by atoms with Crippen LogP contribution in [0.1, 0.15) is 29.7 Å². The van der Waals surface area contributed by atoms with Crippen LogP contribution in [0.3, 0.4) is 0 Å². The monoisotopic (exact) mass is 415 g/mol. The highest BCUT2D eigenvalue weighted by Gasteiger charge is 2.26. The summed E-state index contributed by atoms with van der Waals surface area (Å²) in [6.45, 7) is 2.23. The number of rotatable bonds is 2. The Hall–Kier alpha value is -1.78. The lowest BCUT2D eigenvalue weighted by Gasteiger charge is -2.21. The summed E-state index contributed by atoms with van der Waals surface area (Å²) in [5.41, 5.74) is 6.30. The number of benzene rings is 1. The van der Waals surface area contributed by atoms with Gasteiger partial charge in [0.05, 0.1) is 12.4 Å². The number of dihydropyridines is 1.